The summed E-state index contributed by atoms with van der Waals surface area (Å²) in [6, 6.07) is 5.23. The molecular weight excluding hydrogens is 297 g/mol. The molecule has 0 radical (unpaired) electrons. The van der Waals surface area contributed by atoms with Crippen LogP contribution in [0.15, 0.2) is 24.4 Å². The van der Waals surface area contributed by atoms with Crippen molar-refractivity contribution in [2.24, 2.45) is 5.73 Å². The second kappa shape index (κ2) is 6.68. The van der Waals surface area contributed by atoms with Crippen LogP contribution in [0.5, 0.6) is 11.5 Å². The fraction of sp³-hybridized carbons (Fsp3) is 0.471. The van der Waals surface area contributed by atoms with E-state index >= 15 is 0 Å². The second-order valence-corrected chi connectivity index (χ2v) is 6.02. The van der Waals surface area contributed by atoms with Gasteiger partial charge in [-0.05, 0) is 37.6 Å². The zero-order valence-corrected chi connectivity index (χ0v) is 13.2. The Morgan fingerprint density at radius 3 is 3.04 bits per heavy atom. The molecule has 2 aromatic rings. The SMILES string of the molecule is COc1ccc2ncc(O)c(CCN3CC[C@@H](N)[C@H](F)C3)c2c1. The molecule has 0 saturated carbocycles. The largest absolute Gasteiger partial charge is 0.506 e. The summed E-state index contributed by atoms with van der Waals surface area (Å²) in [5.41, 5.74) is 7.34. The van der Waals surface area contributed by atoms with Gasteiger partial charge in [-0.1, -0.05) is 0 Å². The van der Waals surface area contributed by atoms with E-state index in [9.17, 15) is 9.50 Å². The minimum Gasteiger partial charge on any atom is -0.506 e. The number of halogens is 1. The molecule has 3 N–H and O–H groups in total. The highest BCUT2D eigenvalue weighted by Gasteiger charge is 2.26. The summed E-state index contributed by atoms with van der Waals surface area (Å²) in [4.78, 5) is 6.29. The van der Waals surface area contributed by atoms with Crippen molar-refractivity contribution in [2.45, 2.75) is 25.1 Å². The first-order chi connectivity index (χ1) is 11.1. The first-order valence-corrected chi connectivity index (χ1v) is 7.85. The molecule has 23 heavy (non-hydrogen) atoms. The number of nitrogens with zero attached hydrogens (tertiary/aromatic N) is 2. The Labute approximate surface area is 134 Å². The number of fused-ring (bicyclic) bond motifs is 1. The van der Waals surface area contributed by atoms with Crippen molar-refractivity contribution < 1.29 is 14.2 Å². The lowest BCUT2D eigenvalue weighted by Crippen LogP contribution is -2.48. The van der Waals surface area contributed by atoms with Gasteiger partial charge in [0.25, 0.3) is 0 Å². The molecule has 0 bridgehead atoms. The lowest BCUT2D eigenvalue weighted by atomic mass is 10.0. The fourth-order valence-corrected chi connectivity index (χ4v) is 3.06. The number of hydrogen-bond acceptors (Lipinski definition) is 5. The molecule has 5 nitrogen and oxygen atoms in total. The lowest BCUT2D eigenvalue weighted by molar-refractivity contribution is 0.120. The maximum Gasteiger partial charge on any atom is 0.137 e. The summed E-state index contributed by atoms with van der Waals surface area (Å²) in [5, 5.41) is 11.0. The summed E-state index contributed by atoms with van der Waals surface area (Å²) in [6.07, 6.45) is 1.78. The number of ether oxygens (including phenoxy) is 1. The van der Waals surface area contributed by atoms with Gasteiger partial charge in [0.2, 0.25) is 0 Å². The van der Waals surface area contributed by atoms with Crippen LogP contribution in [0.1, 0.15) is 12.0 Å². The van der Waals surface area contributed by atoms with Crippen molar-refractivity contribution in [1.82, 2.24) is 9.88 Å². The van der Waals surface area contributed by atoms with Gasteiger partial charge in [-0.15, -0.1) is 0 Å². The molecule has 1 aliphatic heterocycles. The molecule has 0 amide bonds. The molecule has 2 heterocycles. The number of pyridine rings is 1. The van der Waals surface area contributed by atoms with Crippen LogP contribution in [0.25, 0.3) is 10.9 Å². The first-order valence-electron chi connectivity index (χ1n) is 7.85. The zero-order valence-electron chi connectivity index (χ0n) is 13.2. The van der Waals surface area contributed by atoms with E-state index in [0.29, 0.717) is 25.9 Å². The zero-order chi connectivity index (χ0) is 16.4. The number of alkyl halides is 1. The van der Waals surface area contributed by atoms with Crippen LogP contribution in [0, 0.1) is 0 Å². The Balaban J connectivity index is 1.80. The summed E-state index contributed by atoms with van der Waals surface area (Å²) < 4.78 is 19.0. The van der Waals surface area contributed by atoms with Crippen LogP contribution in [-0.4, -0.2) is 53.9 Å². The molecule has 2 atom stereocenters. The normalized spacial score (nSPS) is 22.4. The van der Waals surface area contributed by atoms with E-state index in [1.165, 1.54) is 6.20 Å². The Hall–Kier alpha value is -1.92. The molecule has 1 aromatic heterocycles. The third-order valence-electron chi connectivity index (χ3n) is 4.52. The summed E-state index contributed by atoms with van der Waals surface area (Å²) in [5.74, 6) is 0.884. The number of rotatable bonds is 4. The van der Waals surface area contributed by atoms with Crippen LogP contribution >= 0.6 is 0 Å². The van der Waals surface area contributed by atoms with Crippen molar-refractivity contribution >= 4 is 10.9 Å². The van der Waals surface area contributed by atoms with Gasteiger partial charge in [0.1, 0.15) is 17.7 Å². The number of hydrogen-bond donors (Lipinski definition) is 2. The number of benzene rings is 1. The van der Waals surface area contributed by atoms with Gasteiger partial charge in [-0.25, -0.2) is 4.39 Å². The second-order valence-electron chi connectivity index (χ2n) is 6.02. The molecule has 1 saturated heterocycles. The molecule has 0 unspecified atom stereocenters. The van der Waals surface area contributed by atoms with Crippen LogP contribution in [0.3, 0.4) is 0 Å². The predicted molar refractivity (Wildman–Crippen MR) is 87.6 cm³/mol. The van der Waals surface area contributed by atoms with Gasteiger partial charge >= 0.3 is 0 Å². The van der Waals surface area contributed by atoms with Gasteiger partial charge < -0.3 is 15.6 Å². The molecule has 0 aliphatic carbocycles. The van der Waals surface area contributed by atoms with Crippen LogP contribution in [-0.2, 0) is 6.42 Å². The van der Waals surface area contributed by atoms with E-state index in [1.54, 1.807) is 7.11 Å². The topological polar surface area (TPSA) is 71.6 Å². The highest BCUT2D eigenvalue weighted by molar-refractivity contribution is 5.85. The van der Waals surface area contributed by atoms with Gasteiger partial charge in [0, 0.05) is 30.1 Å². The van der Waals surface area contributed by atoms with E-state index in [1.807, 2.05) is 18.2 Å². The van der Waals surface area contributed by atoms with Gasteiger partial charge in [0.05, 0.1) is 18.8 Å². The molecule has 1 aliphatic rings. The van der Waals surface area contributed by atoms with Crippen molar-refractivity contribution in [1.29, 1.82) is 0 Å². The molecule has 1 fully saturated rings. The first kappa shape index (κ1) is 16.0. The quantitative estimate of drug-likeness (QED) is 0.900. The minimum absolute atomic E-state index is 0.163. The van der Waals surface area contributed by atoms with Gasteiger partial charge in [-0.2, -0.15) is 0 Å². The van der Waals surface area contributed by atoms with E-state index in [-0.39, 0.29) is 11.8 Å². The van der Waals surface area contributed by atoms with Crippen molar-refractivity contribution in [2.75, 3.05) is 26.7 Å². The smallest absolute Gasteiger partial charge is 0.137 e. The Bertz CT molecular complexity index is 695. The van der Waals surface area contributed by atoms with Crippen LogP contribution in [0.4, 0.5) is 4.39 Å². The van der Waals surface area contributed by atoms with Gasteiger partial charge in [0.15, 0.2) is 0 Å². The number of aromatic hydroxyl groups is 1. The molecule has 3 rings (SSSR count). The summed E-state index contributed by atoms with van der Waals surface area (Å²) in [7, 11) is 1.61. The standard InChI is InChI=1S/C17H22FN3O2/c1-23-11-2-3-16-13(8-11)12(17(22)9-20-16)4-6-21-7-5-15(19)14(18)10-21/h2-3,8-9,14-15,22H,4-7,10,19H2,1H3/t14-,15-/m1/s1. The van der Waals surface area contributed by atoms with Crippen LogP contribution in [0.2, 0.25) is 0 Å². The average Bonchev–Trinajstić information content (AvgIpc) is 2.56. The highest BCUT2D eigenvalue weighted by atomic mass is 19.1. The Kier molecular flexibility index (Phi) is 4.63. The monoisotopic (exact) mass is 319 g/mol. The Morgan fingerprint density at radius 2 is 2.30 bits per heavy atom. The highest BCUT2D eigenvalue weighted by Crippen LogP contribution is 2.29. The van der Waals surface area contributed by atoms with E-state index in [0.717, 1.165) is 28.8 Å². The third-order valence-corrected chi connectivity index (χ3v) is 4.52. The molecule has 6 heteroatoms. The number of nitrogens with two attached hydrogens (primary N) is 1. The third kappa shape index (κ3) is 3.38. The number of piperidine rings is 1. The molecule has 124 valence electrons. The maximum atomic E-state index is 13.7. The van der Waals surface area contributed by atoms with Crippen LogP contribution < -0.4 is 10.5 Å². The molecule has 0 spiro atoms. The number of likely N-dealkylation sites (tertiary alicyclic amines) is 1. The number of aromatic nitrogens is 1. The van der Waals surface area contributed by atoms with E-state index < -0.39 is 6.17 Å². The van der Waals surface area contributed by atoms with Gasteiger partial charge in [-0.3, -0.25) is 9.88 Å². The van der Waals surface area contributed by atoms with Crippen molar-refractivity contribution in [3.05, 3.63) is 30.0 Å². The maximum absolute atomic E-state index is 13.7. The number of methoxy groups -OCH3 is 1. The summed E-state index contributed by atoms with van der Waals surface area (Å²) >= 11 is 0. The summed E-state index contributed by atoms with van der Waals surface area (Å²) in [6.45, 7) is 1.82. The fourth-order valence-electron chi connectivity index (χ4n) is 3.06. The van der Waals surface area contributed by atoms with Crippen molar-refractivity contribution in [3.63, 3.8) is 0 Å². The van der Waals surface area contributed by atoms with E-state index in [2.05, 4.69) is 9.88 Å². The molecular formula is C17H22FN3O2. The minimum atomic E-state index is -0.980. The van der Waals surface area contributed by atoms with E-state index in [4.69, 9.17) is 10.5 Å². The lowest BCUT2D eigenvalue weighted by Gasteiger charge is -2.32. The molecule has 1 aromatic carbocycles. The Morgan fingerprint density at radius 1 is 1.48 bits per heavy atom. The predicted octanol–water partition coefficient (Wildman–Crippen LogP) is 1.86. The average molecular weight is 319 g/mol. The van der Waals surface area contributed by atoms with Crippen molar-refractivity contribution in [3.8, 4) is 11.5 Å².